The number of rotatable bonds is 2. The van der Waals surface area contributed by atoms with Crippen LogP contribution < -0.4 is 0 Å². The minimum atomic E-state index is -0.866. The van der Waals surface area contributed by atoms with Crippen molar-refractivity contribution >= 4 is 39.4 Å². The Morgan fingerprint density at radius 1 is 1.42 bits per heavy atom. The van der Waals surface area contributed by atoms with E-state index in [0.29, 0.717) is 23.6 Å². The predicted molar refractivity (Wildman–Crippen MR) is 75.4 cm³/mol. The maximum absolute atomic E-state index is 12.3. The average Bonchev–Trinajstić information content (AvgIpc) is 2.71. The van der Waals surface area contributed by atoms with E-state index in [-0.39, 0.29) is 12.5 Å². The number of carbonyl (C=O) groups is 2. The van der Waals surface area contributed by atoms with Crippen LogP contribution in [0.15, 0.2) is 22.7 Å². The Bertz CT molecular complexity index is 528. The van der Waals surface area contributed by atoms with Gasteiger partial charge in [-0.2, -0.15) is 0 Å². The van der Waals surface area contributed by atoms with E-state index in [1.165, 1.54) is 0 Å². The maximum Gasteiger partial charge on any atom is 0.311 e. The lowest BCUT2D eigenvalue weighted by Gasteiger charge is -2.20. The Morgan fingerprint density at radius 3 is 2.63 bits per heavy atom. The molecule has 0 spiro atoms. The molecule has 1 aromatic carbocycles. The van der Waals surface area contributed by atoms with E-state index in [9.17, 15) is 9.59 Å². The number of nitrogens with zero attached hydrogens (tertiary/aromatic N) is 1. The van der Waals surface area contributed by atoms with Gasteiger partial charge in [0.05, 0.1) is 5.41 Å². The maximum atomic E-state index is 12.3. The topological polar surface area (TPSA) is 57.6 Å². The van der Waals surface area contributed by atoms with Crippen molar-refractivity contribution in [2.75, 3.05) is 13.1 Å². The molecular weight excluding hydrogens is 334 g/mol. The molecular formula is C13H13BrClNO3. The van der Waals surface area contributed by atoms with Gasteiger partial charge in [-0.15, -0.1) is 0 Å². The van der Waals surface area contributed by atoms with Crippen molar-refractivity contribution in [3.05, 3.63) is 33.3 Å². The lowest BCUT2D eigenvalue weighted by molar-refractivity contribution is -0.147. The van der Waals surface area contributed by atoms with E-state index in [4.69, 9.17) is 16.7 Å². The highest BCUT2D eigenvalue weighted by Gasteiger charge is 2.42. The van der Waals surface area contributed by atoms with Gasteiger partial charge in [0.15, 0.2) is 0 Å². The molecule has 4 nitrogen and oxygen atoms in total. The first kappa shape index (κ1) is 14.3. The molecule has 1 aliphatic rings. The third-order valence-corrected chi connectivity index (χ3v) is 4.06. The molecule has 6 heteroatoms. The summed E-state index contributed by atoms with van der Waals surface area (Å²) in [5, 5.41) is 9.63. The second kappa shape index (κ2) is 5.13. The van der Waals surface area contributed by atoms with Gasteiger partial charge in [0.2, 0.25) is 0 Å². The molecule has 1 N–H and O–H groups in total. The smallest absolute Gasteiger partial charge is 0.311 e. The van der Waals surface area contributed by atoms with Gasteiger partial charge in [-0.25, -0.2) is 0 Å². The summed E-state index contributed by atoms with van der Waals surface area (Å²) in [6, 6.07) is 4.97. The Balaban J connectivity index is 2.20. The second-order valence-corrected chi connectivity index (χ2v) is 6.35. The lowest BCUT2D eigenvalue weighted by atomic mass is 9.90. The normalized spacial score (nSPS) is 22.6. The van der Waals surface area contributed by atoms with Crippen molar-refractivity contribution < 1.29 is 14.7 Å². The summed E-state index contributed by atoms with van der Waals surface area (Å²) >= 11 is 9.20. The van der Waals surface area contributed by atoms with Gasteiger partial charge < -0.3 is 10.0 Å². The summed E-state index contributed by atoms with van der Waals surface area (Å²) in [7, 11) is 0. The third-order valence-electron chi connectivity index (χ3n) is 3.39. The van der Waals surface area contributed by atoms with Gasteiger partial charge in [-0.1, -0.05) is 27.5 Å². The summed E-state index contributed by atoms with van der Waals surface area (Å²) in [5.74, 6) is -1.05. The lowest BCUT2D eigenvalue weighted by Crippen LogP contribution is -2.34. The van der Waals surface area contributed by atoms with Gasteiger partial charge in [0, 0.05) is 28.1 Å². The number of likely N-dealkylation sites (tertiary alicyclic amines) is 1. The molecule has 0 aromatic heterocycles. The number of carboxylic acid groups (broad SMARTS) is 1. The molecule has 1 unspecified atom stereocenters. The summed E-state index contributed by atoms with van der Waals surface area (Å²) < 4.78 is 0.726. The van der Waals surface area contributed by atoms with Crippen molar-refractivity contribution in [1.82, 2.24) is 4.90 Å². The summed E-state index contributed by atoms with van der Waals surface area (Å²) in [5.41, 5.74) is -0.389. The molecule has 1 amide bonds. The van der Waals surface area contributed by atoms with E-state index in [2.05, 4.69) is 15.9 Å². The van der Waals surface area contributed by atoms with Crippen LogP contribution in [0.2, 0.25) is 5.02 Å². The fourth-order valence-corrected chi connectivity index (χ4v) is 3.03. The molecule has 0 bridgehead atoms. The predicted octanol–water partition coefficient (Wildman–Crippen LogP) is 3.04. The summed E-state index contributed by atoms with van der Waals surface area (Å²) in [4.78, 5) is 25.0. The zero-order valence-electron chi connectivity index (χ0n) is 10.3. The van der Waals surface area contributed by atoms with Gasteiger partial charge in [-0.3, -0.25) is 9.59 Å². The Kier molecular flexibility index (Phi) is 3.87. The first-order valence-electron chi connectivity index (χ1n) is 5.81. The van der Waals surface area contributed by atoms with Gasteiger partial charge >= 0.3 is 5.97 Å². The largest absolute Gasteiger partial charge is 0.481 e. The van der Waals surface area contributed by atoms with Crippen LogP contribution >= 0.6 is 27.5 Å². The number of carboxylic acids is 1. The number of hydrogen-bond donors (Lipinski definition) is 1. The van der Waals surface area contributed by atoms with Crippen LogP contribution in [0.1, 0.15) is 23.7 Å². The summed E-state index contributed by atoms with van der Waals surface area (Å²) in [6.07, 6.45) is 0.468. The van der Waals surface area contributed by atoms with Gasteiger partial charge in [0.25, 0.3) is 5.91 Å². The number of hydrogen-bond acceptors (Lipinski definition) is 2. The first-order chi connectivity index (χ1) is 8.82. The van der Waals surface area contributed by atoms with Gasteiger partial charge in [-0.05, 0) is 31.5 Å². The second-order valence-electron chi connectivity index (χ2n) is 5.00. The third kappa shape index (κ3) is 2.92. The van der Waals surface area contributed by atoms with Crippen LogP contribution in [0.3, 0.4) is 0 Å². The van der Waals surface area contributed by atoms with Crippen LogP contribution in [-0.2, 0) is 4.79 Å². The molecule has 1 atom stereocenters. The van der Waals surface area contributed by atoms with Crippen LogP contribution in [0, 0.1) is 5.41 Å². The zero-order valence-corrected chi connectivity index (χ0v) is 12.7. The van der Waals surface area contributed by atoms with Gasteiger partial charge in [0.1, 0.15) is 0 Å². The monoisotopic (exact) mass is 345 g/mol. The van der Waals surface area contributed by atoms with Crippen molar-refractivity contribution in [1.29, 1.82) is 0 Å². The van der Waals surface area contributed by atoms with Crippen LogP contribution in [0.25, 0.3) is 0 Å². The average molecular weight is 347 g/mol. The SMILES string of the molecule is CC1(C(=O)O)CCN(C(=O)c2cc(Cl)cc(Br)c2)C1. The van der Waals surface area contributed by atoms with Crippen molar-refractivity contribution in [2.24, 2.45) is 5.41 Å². The van der Waals surface area contributed by atoms with E-state index >= 15 is 0 Å². The molecule has 1 aliphatic heterocycles. The fourth-order valence-electron chi connectivity index (χ4n) is 2.17. The van der Waals surface area contributed by atoms with E-state index in [1.54, 1.807) is 30.0 Å². The van der Waals surface area contributed by atoms with Crippen molar-refractivity contribution in [3.8, 4) is 0 Å². The number of amides is 1. The minimum Gasteiger partial charge on any atom is -0.481 e. The number of carbonyl (C=O) groups excluding carboxylic acids is 1. The van der Waals surface area contributed by atoms with E-state index < -0.39 is 11.4 Å². The Hall–Kier alpha value is -1.07. The van der Waals surface area contributed by atoms with Crippen LogP contribution in [0.4, 0.5) is 0 Å². The molecule has 0 radical (unpaired) electrons. The molecule has 0 saturated carbocycles. The highest BCUT2D eigenvalue weighted by atomic mass is 79.9. The molecule has 1 saturated heterocycles. The van der Waals surface area contributed by atoms with Crippen molar-refractivity contribution in [2.45, 2.75) is 13.3 Å². The fraction of sp³-hybridized carbons (Fsp3) is 0.385. The highest BCUT2D eigenvalue weighted by Crippen LogP contribution is 2.31. The quantitative estimate of drug-likeness (QED) is 0.895. The zero-order chi connectivity index (χ0) is 14.2. The van der Waals surface area contributed by atoms with Crippen LogP contribution in [0.5, 0.6) is 0 Å². The highest BCUT2D eigenvalue weighted by molar-refractivity contribution is 9.10. The number of aliphatic carboxylic acids is 1. The minimum absolute atomic E-state index is 0.187. The molecule has 1 fully saturated rings. The first-order valence-corrected chi connectivity index (χ1v) is 6.98. The van der Waals surface area contributed by atoms with E-state index in [1.807, 2.05) is 0 Å². The summed E-state index contributed by atoms with van der Waals surface area (Å²) in [6.45, 7) is 2.34. The molecule has 1 aromatic rings. The number of halogens is 2. The Labute approximate surface area is 124 Å². The number of benzene rings is 1. The molecule has 2 rings (SSSR count). The van der Waals surface area contributed by atoms with Crippen molar-refractivity contribution in [3.63, 3.8) is 0 Å². The van der Waals surface area contributed by atoms with E-state index in [0.717, 1.165) is 4.47 Å². The molecule has 0 aliphatic carbocycles. The molecule has 1 heterocycles. The van der Waals surface area contributed by atoms with Crippen LogP contribution in [-0.4, -0.2) is 35.0 Å². The Morgan fingerprint density at radius 2 is 2.11 bits per heavy atom. The standard InChI is InChI=1S/C13H13BrClNO3/c1-13(12(18)19)2-3-16(7-13)11(17)8-4-9(14)6-10(15)5-8/h4-6H,2-3,7H2,1H3,(H,18,19). The molecule has 19 heavy (non-hydrogen) atoms. The molecule has 102 valence electrons.